The van der Waals surface area contributed by atoms with Gasteiger partial charge in [-0.15, -0.1) is 13.2 Å². The Kier molecular flexibility index (Phi) is 5.66. The molecule has 0 aliphatic carbocycles. The van der Waals surface area contributed by atoms with E-state index >= 15 is 0 Å². The third-order valence-corrected chi connectivity index (χ3v) is 3.16. The topological polar surface area (TPSA) is 23.5 Å². The Morgan fingerprint density at radius 1 is 1.29 bits per heavy atom. The molecule has 0 bridgehead atoms. The minimum atomic E-state index is 0.215. The monoisotopic (exact) mass is 235 g/mol. The number of hydrogen-bond donors (Lipinski definition) is 1. The minimum absolute atomic E-state index is 0.215. The molecule has 2 heteroatoms. The Morgan fingerprint density at radius 2 is 1.94 bits per heavy atom. The van der Waals surface area contributed by atoms with Crippen molar-refractivity contribution in [3.63, 3.8) is 0 Å². The summed E-state index contributed by atoms with van der Waals surface area (Å²) in [5.41, 5.74) is 2.40. The number of β-amino-alcohol motifs (C(OH)–C–C–N with tert-alkyl or cyclic N) is 1. The molecule has 2 unspecified atom stereocenters. The van der Waals surface area contributed by atoms with E-state index in [1.54, 1.807) is 0 Å². The summed E-state index contributed by atoms with van der Waals surface area (Å²) in [5, 5.41) is 9.21. The molecule has 1 aliphatic heterocycles. The molecule has 1 aliphatic rings. The lowest BCUT2D eigenvalue weighted by atomic mass is 9.94. The summed E-state index contributed by atoms with van der Waals surface area (Å²) in [6.07, 6.45) is 7.55. The van der Waals surface area contributed by atoms with Crippen LogP contribution in [0.15, 0.2) is 36.5 Å². The van der Waals surface area contributed by atoms with Gasteiger partial charge in [-0.2, -0.15) is 0 Å². The van der Waals surface area contributed by atoms with Crippen molar-refractivity contribution < 1.29 is 5.11 Å². The van der Waals surface area contributed by atoms with Crippen LogP contribution in [0.3, 0.4) is 0 Å². The second-order valence-corrected chi connectivity index (χ2v) is 5.17. The van der Waals surface area contributed by atoms with Crippen molar-refractivity contribution in [1.29, 1.82) is 0 Å². The van der Waals surface area contributed by atoms with Crippen LogP contribution in [0.5, 0.6) is 0 Å². The smallest absolute Gasteiger partial charge is 0.0558 e. The SMILES string of the molecule is C=C(C)CC1C=CCC(CC(=C)C)N1CCO. The molecule has 0 aromatic carbocycles. The lowest BCUT2D eigenvalue weighted by Crippen LogP contribution is -2.46. The first-order chi connectivity index (χ1) is 8.04. The van der Waals surface area contributed by atoms with Gasteiger partial charge in [0.25, 0.3) is 0 Å². The molecule has 0 radical (unpaired) electrons. The highest BCUT2D eigenvalue weighted by Crippen LogP contribution is 2.25. The zero-order valence-electron chi connectivity index (χ0n) is 11.2. The van der Waals surface area contributed by atoms with Crippen LogP contribution in [0.25, 0.3) is 0 Å². The predicted octanol–water partition coefficient (Wildman–Crippen LogP) is 2.91. The molecule has 0 aromatic heterocycles. The van der Waals surface area contributed by atoms with Gasteiger partial charge in [0.15, 0.2) is 0 Å². The second-order valence-electron chi connectivity index (χ2n) is 5.17. The zero-order valence-corrected chi connectivity index (χ0v) is 11.2. The number of aliphatic hydroxyl groups is 1. The summed E-state index contributed by atoms with van der Waals surface area (Å²) in [4.78, 5) is 2.39. The van der Waals surface area contributed by atoms with Crippen molar-refractivity contribution in [2.24, 2.45) is 0 Å². The van der Waals surface area contributed by atoms with Crippen molar-refractivity contribution >= 4 is 0 Å². The van der Waals surface area contributed by atoms with Gasteiger partial charge in [0.2, 0.25) is 0 Å². The van der Waals surface area contributed by atoms with E-state index in [0.29, 0.717) is 12.1 Å². The van der Waals surface area contributed by atoms with Crippen molar-refractivity contribution in [2.75, 3.05) is 13.2 Å². The summed E-state index contributed by atoms with van der Waals surface area (Å²) in [6.45, 7) is 13.1. The quantitative estimate of drug-likeness (QED) is 0.716. The van der Waals surface area contributed by atoms with Crippen molar-refractivity contribution in [2.45, 2.75) is 45.2 Å². The first kappa shape index (κ1) is 14.2. The molecular weight excluding hydrogens is 210 g/mol. The molecule has 1 heterocycles. The van der Waals surface area contributed by atoms with Gasteiger partial charge >= 0.3 is 0 Å². The lowest BCUT2D eigenvalue weighted by Gasteiger charge is -2.39. The summed E-state index contributed by atoms with van der Waals surface area (Å²) in [7, 11) is 0. The normalized spacial score (nSPS) is 24.9. The molecule has 0 saturated carbocycles. The van der Waals surface area contributed by atoms with E-state index in [9.17, 15) is 5.11 Å². The van der Waals surface area contributed by atoms with Gasteiger partial charge in [-0.25, -0.2) is 0 Å². The summed E-state index contributed by atoms with van der Waals surface area (Å²) < 4.78 is 0. The molecule has 17 heavy (non-hydrogen) atoms. The van der Waals surface area contributed by atoms with Crippen LogP contribution in [0.4, 0.5) is 0 Å². The number of rotatable bonds is 6. The van der Waals surface area contributed by atoms with E-state index in [-0.39, 0.29) is 6.61 Å². The second kappa shape index (κ2) is 6.77. The molecule has 96 valence electrons. The van der Waals surface area contributed by atoms with Crippen LogP contribution < -0.4 is 0 Å². The van der Waals surface area contributed by atoms with Gasteiger partial charge < -0.3 is 5.11 Å². The number of aliphatic hydroxyl groups excluding tert-OH is 1. The molecule has 1 N–H and O–H groups in total. The van der Waals surface area contributed by atoms with E-state index in [2.05, 4.69) is 44.1 Å². The maximum absolute atomic E-state index is 9.21. The van der Waals surface area contributed by atoms with Gasteiger partial charge in [0.1, 0.15) is 0 Å². The standard InChI is InChI=1S/C15H25NO/c1-12(2)10-14-6-5-7-15(11-13(3)4)16(14)8-9-17/h5-6,14-15,17H,1,3,7-11H2,2,4H3. The van der Waals surface area contributed by atoms with Crippen molar-refractivity contribution in [1.82, 2.24) is 4.90 Å². The van der Waals surface area contributed by atoms with E-state index in [1.165, 1.54) is 11.1 Å². The van der Waals surface area contributed by atoms with Crippen LogP contribution in [-0.2, 0) is 0 Å². The minimum Gasteiger partial charge on any atom is -0.395 e. The van der Waals surface area contributed by atoms with Gasteiger partial charge in [-0.1, -0.05) is 23.3 Å². The van der Waals surface area contributed by atoms with E-state index in [1.807, 2.05) is 0 Å². The maximum atomic E-state index is 9.21. The molecule has 0 aromatic rings. The largest absolute Gasteiger partial charge is 0.395 e. The molecular formula is C15H25NO. The Morgan fingerprint density at radius 3 is 2.47 bits per heavy atom. The van der Waals surface area contributed by atoms with Crippen LogP contribution in [0, 0.1) is 0 Å². The molecule has 2 atom stereocenters. The average Bonchev–Trinajstić information content (AvgIpc) is 2.21. The first-order valence-corrected chi connectivity index (χ1v) is 6.36. The Bertz CT molecular complexity index is 306. The Balaban J connectivity index is 2.74. The third-order valence-electron chi connectivity index (χ3n) is 3.16. The van der Waals surface area contributed by atoms with Crippen LogP contribution in [-0.4, -0.2) is 35.2 Å². The summed E-state index contributed by atoms with van der Waals surface area (Å²) in [6, 6.07) is 0.867. The van der Waals surface area contributed by atoms with Gasteiger partial charge in [-0.05, 0) is 33.1 Å². The zero-order chi connectivity index (χ0) is 12.8. The molecule has 0 fully saturated rings. The van der Waals surface area contributed by atoms with E-state index in [4.69, 9.17) is 0 Å². The predicted molar refractivity (Wildman–Crippen MR) is 74.0 cm³/mol. The highest BCUT2D eigenvalue weighted by Gasteiger charge is 2.26. The Labute approximate surface area is 105 Å². The molecule has 0 saturated heterocycles. The van der Waals surface area contributed by atoms with Crippen LogP contribution >= 0.6 is 0 Å². The van der Waals surface area contributed by atoms with Crippen molar-refractivity contribution in [3.05, 3.63) is 36.5 Å². The van der Waals surface area contributed by atoms with Gasteiger partial charge in [-0.3, -0.25) is 4.90 Å². The van der Waals surface area contributed by atoms with E-state index in [0.717, 1.165) is 25.8 Å². The van der Waals surface area contributed by atoms with Gasteiger partial charge in [0.05, 0.1) is 6.61 Å². The van der Waals surface area contributed by atoms with Crippen LogP contribution in [0.2, 0.25) is 0 Å². The number of hydrogen-bond acceptors (Lipinski definition) is 2. The highest BCUT2D eigenvalue weighted by atomic mass is 16.3. The summed E-state index contributed by atoms with van der Waals surface area (Å²) >= 11 is 0. The fourth-order valence-electron chi connectivity index (χ4n) is 2.52. The maximum Gasteiger partial charge on any atom is 0.0558 e. The lowest BCUT2D eigenvalue weighted by molar-refractivity contribution is 0.114. The Hall–Kier alpha value is -0.860. The fraction of sp³-hybridized carbons (Fsp3) is 0.600. The average molecular weight is 235 g/mol. The molecule has 0 spiro atoms. The van der Waals surface area contributed by atoms with E-state index < -0.39 is 0 Å². The van der Waals surface area contributed by atoms with Crippen molar-refractivity contribution in [3.8, 4) is 0 Å². The first-order valence-electron chi connectivity index (χ1n) is 6.36. The molecule has 2 nitrogen and oxygen atoms in total. The number of nitrogens with zero attached hydrogens (tertiary/aromatic N) is 1. The summed E-state index contributed by atoms with van der Waals surface area (Å²) in [5.74, 6) is 0. The molecule has 1 rings (SSSR count). The third kappa shape index (κ3) is 4.49. The fourth-order valence-corrected chi connectivity index (χ4v) is 2.52. The highest BCUT2D eigenvalue weighted by molar-refractivity contribution is 5.10. The molecule has 0 amide bonds. The van der Waals surface area contributed by atoms with Crippen LogP contribution in [0.1, 0.15) is 33.1 Å². The van der Waals surface area contributed by atoms with Gasteiger partial charge in [0, 0.05) is 18.6 Å².